The van der Waals surface area contributed by atoms with Gasteiger partial charge in [0.2, 0.25) is 15.9 Å². The van der Waals surface area contributed by atoms with E-state index in [0.29, 0.717) is 12.8 Å². The third kappa shape index (κ3) is 14.4. The van der Waals surface area contributed by atoms with Crippen LogP contribution < -0.4 is 4.72 Å². The van der Waals surface area contributed by atoms with Crippen molar-refractivity contribution in [1.82, 2.24) is 4.72 Å². The number of sulfonamides is 1. The smallest absolute Gasteiger partial charge is 0.234 e. The highest BCUT2D eigenvalue weighted by Crippen LogP contribution is 2.10. The van der Waals surface area contributed by atoms with E-state index in [0.717, 1.165) is 25.7 Å². The van der Waals surface area contributed by atoms with Crippen LogP contribution in [0.25, 0.3) is 0 Å². The van der Waals surface area contributed by atoms with Crippen LogP contribution in [0, 0.1) is 0 Å². The molecular formula is C17H35NO3S. The van der Waals surface area contributed by atoms with Crippen molar-refractivity contribution in [3.05, 3.63) is 0 Å². The number of hydrogen-bond donors (Lipinski definition) is 1. The van der Waals surface area contributed by atoms with Crippen LogP contribution in [-0.4, -0.2) is 20.1 Å². The molecule has 4 nitrogen and oxygen atoms in total. The summed E-state index contributed by atoms with van der Waals surface area (Å²) >= 11 is 0. The Morgan fingerprint density at radius 1 is 0.727 bits per heavy atom. The van der Waals surface area contributed by atoms with Gasteiger partial charge in [-0.15, -0.1) is 0 Å². The Morgan fingerprint density at radius 3 is 1.68 bits per heavy atom. The summed E-state index contributed by atoms with van der Waals surface area (Å²) in [7, 11) is -3.42. The Kier molecular flexibility index (Phi) is 13.7. The molecule has 1 N–H and O–H groups in total. The Hall–Kier alpha value is -0.580. The SMILES string of the molecule is CCCCCCCCCCCCS(=O)(=O)NC(=O)CCCC. The maximum absolute atomic E-state index is 11.7. The van der Waals surface area contributed by atoms with Crippen molar-refractivity contribution in [3.63, 3.8) is 0 Å². The third-order valence-corrected chi connectivity index (χ3v) is 5.16. The highest BCUT2D eigenvalue weighted by Gasteiger charge is 2.13. The molecule has 0 atom stereocenters. The molecule has 0 aromatic carbocycles. The minimum Gasteiger partial charge on any atom is -0.274 e. The van der Waals surface area contributed by atoms with E-state index in [-0.39, 0.29) is 11.7 Å². The Balaban J connectivity index is 3.51. The van der Waals surface area contributed by atoms with E-state index in [1.807, 2.05) is 6.92 Å². The van der Waals surface area contributed by atoms with Crippen LogP contribution in [0.5, 0.6) is 0 Å². The number of nitrogens with one attached hydrogen (secondary N) is 1. The first-order valence-corrected chi connectivity index (χ1v) is 10.7. The zero-order valence-corrected chi connectivity index (χ0v) is 15.3. The van der Waals surface area contributed by atoms with Crippen molar-refractivity contribution >= 4 is 15.9 Å². The zero-order chi connectivity index (χ0) is 16.7. The summed E-state index contributed by atoms with van der Waals surface area (Å²) in [5, 5.41) is 0. The molecule has 0 aromatic rings. The number of amides is 1. The maximum Gasteiger partial charge on any atom is 0.234 e. The van der Waals surface area contributed by atoms with Gasteiger partial charge in [-0.3, -0.25) is 9.52 Å². The topological polar surface area (TPSA) is 63.2 Å². The second-order valence-electron chi connectivity index (χ2n) is 6.13. The molecule has 0 aliphatic carbocycles. The summed E-state index contributed by atoms with van der Waals surface area (Å²) in [5.74, 6) is -0.296. The third-order valence-electron chi connectivity index (χ3n) is 3.79. The first kappa shape index (κ1) is 21.4. The van der Waals surface area contributed by atoms with Gasteiger partial charge in [-0.25, -0.2) is 8.42 Å². The van der Waals surface area contributed by atoms with Gasteiger partial charge in [-0.05, 0) is 12.8 Å². The average molecular weight is 334 g/mol. The molecule has 0 spiro atoms. The molecule has 1 amide bonds. The molecule has 0 aliphatic rings. The zero-order valence-electron chi connectivity index (χ0n) is 14.5. The molecule has 0 fully saturated rings. The van der Waals surface area contributed by atoms with Gasteiger partial charge in [0, 0.05) is 6.42 Å². The highest BCUT2D eigenvalue weighted by molar-refractivity contribution is 7.90. The van der Waals surface area contributed by atoms with Crippen LogP contribution in [0.15, 0.2) is 0 Å². The van der Waals surface area contributed by atoms with E-state index in [4.69, 9.17) is 0 Å². The number of unbranched alkanes of at least 4 members (excludes halogenated alkanes) is 10. The van der Waals surface area contributed by atoms with Crippen molar-refractivity contribution in [3.8, 4) is 0 Å². The van der Waals surface area contributed by atoms with Crippen LogP contribution >= 0.6 is 0 Å². The van der Waals surface area contributed by atoms with Gasteiger partial charge in [0.05, 0.1) is 5.75 Å². The molecule has 0 aromatic heterocycles. The van der Waals surface area contributed by atoms with Gasteiger partial charge in [0.15, 0.2) is 0 Å². The summed E-state index contributed by atoms with van der Waals surface area (Å²) < 4.78 is 25.6. The van der Waals surface area contributed by atoms with Gasteiger partial charge < -0.3 is 0 Å². The van der Waals surface area contributed by atoms with Gasteiger partial charge >= 0.3 is 0 Å². The molecule has 0 saturated carbocycles. The molecule has 0 saturated heterocycles. The maximum atomic E-state index is 11.7. The molecule has 132 valence electrons. The van der Waals surface area contributed by atoms with E-state index in [2.05, 4.69) is 11.6 Å². The lowest BCUT2D eigenvalue weighted by Crippen LogP contribution is -2.32. The molecule has 0 aliphatic heterocycles. The summed E-state index contributed by atoms with van der Waals surface area (Å²) in [5.41, 5.74) is 0. The van der Waals surface area contributed by atoms with Crippen molar-refractivity contribution in [2.75, 3.05) is 5.75 Å². The lowest BCUT2D eigenvalue weighted by Gasteiger charge is -2.06. The van der Waals surface area contributed by atoms with E-state index in [1.54, 1.807) is 0 Å². The van der Waals surface area contributed by atoms with E-state index >= 15 is 0 Å². The molecule has 0 unspecified atom stereocenters. The van der Waals surface area contributed by atoms with Crippen LogP contribution in [-0.2, 0) is 14.8 Å². The lowest BCUT2D eigenvalue weighted by atomic mass is 10.1. The molecule has 0 radical (unpaired) electrons. The fourth-order valence-corrected chi connectivity index (χ4v) is 3.53. The molecular weight excluding hydrogens is 298 g/mol. The fraction of sp³-hybridized carbons (Fsp3) is 0.941. The summed E-state index contributed by atoms with van der Waals surface area (Å²) in [6, 6.07) is 0. The first-order valence-electron chi connectivity index (χ1n) is 9.05. The fourth-order valence-electron chi connectivity index (χ4n) is 2.39. The second-order valence-corrected chi connectivity index (χ2v) is 7.97. The van der Waals surface area contributed by atoms with Gasteiger partial charge in [0.25, 0.3) is 0 Å². The first-order chi connectivity index (χ1) is 10.5. The number of carbonyl (C=O) groups is 1. The Morgan fingerprint density at radius 2 is 1.18 bits per heavy atom. The van der Waals surface area contributed by atoms with Gasteiger partial charge in [-0.2, -0.15) is 0 Å². The molecule has 0 bridgehead atoms. The number of rotatable bonds is 15. The van der Waals surface area contributed by atoms with E-state index < -0.39 is 10.0 Å². The quantitative estimate of drug-likeness (QED) is 0.447. The summed E-state index contributed by atoms with van der Waals surface area (Å²) in [4.78, 5) is 11.4. The Bertz CT molecular complexity index is 366. The summed E-state index contributed by atoms with van der Waals surface area (Å²) in [6.07, 6.45) is 13.6. The number of hydrogen-bond acceptors (Lipinski definition) is 3. The van der Waals surface area contributed by atoms with Crippen molar-refractivity contribution in [1.29, 1.82) is 0 Å². The van der Waals surface area contributed by atoms with E-state index in [1.165, 1.54) is 44.9 Å². The van der Waals surface area contributed by atoms with Crippen LogP contribution in [0.3, 0.4) is 0 Å². The minimum atomic E-state index is -3.42. The van der Waals surface area contributed by atoms with Crippen LogP contribution in [0.4, 0.5) is 0 Å². The normalized spacial score (nSPS) is 11.5. The molecule has 0 heterocycles. The summed E-state index contributed by atoms with van der Waals surface area (Å²) in [6.45, 7) is 4.20. The van der Waals surface area contributed by atoms with Crippen molar-refractivity contribution < 1.29 is 13.2 Å². The average Bonchev–Trinajstić information content (AvgIpc) is 2.46. The van der Waals surface area contributed by atoms with Gasteiger partial charge in [-0.1, -0.05) is 78.1 Å². The predicted octanol–water partition coefficient (Wildman–Crippen LogP) is 4.54. The second kappa shape index (κ2) is 14.0. The standard InChI is InChI=1S/C17H35NO3S/c1-3-5-7-8-9-10-11-12-13-14-16-22(20,21)18-17(19)15-6-4-2/h3-16H2,1-2H3,(H,18,19). The van der Waals surface area contributed by atoms with Crippen molar-refractivity contribution in [2.24, 2.45) is 0 Å². The monoisotopic (exact) mass is 333 g/mol. The van der Waals surface area contributed by atoms with Crippen molar-refractivity contribution in [2.45, 2.75) is 97.3 Å². The van der Waals surface area contributed by atoms with Crippen LogP contribution in [0.2, 0.25) is 0 Å². The van der Waals surface area contributed by atoms with E-state index in [9.17, 15) is 13.2 Å². The van der Waals surface area contributed by atoms with Gasteiger partial charge in [0.1, 0.15) is 0 Å². The molecule has 22 heavy (non-hydrogen) atoms. The minimum absolute atomic E-state index is 0.0708. The lowest BCUT2D eigenvalue weighted by molar-refractivity contribution is -0.119. The predicted molar refractivity (Wildman–Crippen MR) is 93.3 cm³/mol. The molecule has 0 rings (SSSR count). The highest BCUT2D eigenvalue weighted by atomic mass is 32.2. The Labute approximate surface area is 137 Å². The largest absolute Gasteiger partial charge is 0.274 e. The van der Waals surface area contributed by atoms with Crippen LogP contribution in [0.1, 0.15) is 97.3 Å². The number of carbonyl (C=O) groups excluding carboxylic acids is 1. The molecule has 5 heteroatoms.